The minimum atomic E-state index is -1.40. The molecular weight excluding hydrogens is 559 g/mol. The van der Waals surface area contributed by atoms with Crippen molar-refractivity contribution in [3.63, 3.8) is 0 Å². The highest BCUT2D eigenvalue weighted by Gasteiger charge is 2.67. The fourth-order valence-corrected chi connectivity index (χ4v) is 7.50. The van der Waals surface area contributed by atoms with Crippen LogP contribution in [0.25, 0.3) is 0 Å². The van der Waals surface area contributed by atoms with Gasteiger partial charge in [-0.1, -0.05) is 23.3 Å². The summed E-state index contributed by atoms with van der Waals surface area (Å²) in [6.45, 7) is 1.67. The Kier molecular flexibility index (Phi) is 6.16. The Labute approximate surface area is 238 Å². The number of halogens is 2. The standard InChI is InChI=1S/C29H26ClFN2O8/c1-29-17(26(36)32(28(29)38)13-4-7-19(31)18(30)10-13)11-16-14(5-6-15-22(16)27(37)33(39)25(15)35)23(29)12-8-20(40-2)24(34)21(9-12)41-3/h4-5,7-10,15-17,22-23,34,39H,6,11H2,1-3H3/t15-,16+,17-,22-,23-,29+/m0/s1. The van der Waals surface area contributed by atoms with E-state index in [1.165, 1.54) is 26.4 Å². The zero-order valence-electron chi connectivity index (χ0n) is 22.3. The fourth-order valence-electron chi connectivity index (χ4n) is 7.33. The molecule has 2 N–H and O–H groups in total. The number of amides is 4. The lowest BCUT2D eigenvalue weighted by Crippen LogP contribution is -2.48. The van der Waals surface area contributed by atoms with Crippen LogP contribution in [0.15, 0.2) is 42.0 Å². The second-order valence-corrected chi connectivity index (χ2v) is 11.4. The van der Waals surface area contributed by atoms with Crippen molar-refractivity contribution in [1.82, 2.24) is 5.06 Å². The molecule has 2 heterocycles. The molecule has 0 spiro atoms. The molecule has 6 atom stereocenters. The predicted octanol–water partition coefficient (Wildman–Crippen LogP) is 3.82. The SMILES string of the molecule is COc1cc([C@H]2C3=CC[C@@H]4C(=O)N(O)C(=O)[C@@H]4[C@@H]3C[C@H]3C(=O)N(c4ccc(F)c(Cl)c4)C(=O)[C@@]23C)cc(OC)c1O. The van der Waals surface area contributed by atoms with Gasteiger partial charge in [0.2, 0.25) is 17.6 Å². The van der Waals surface area contributed by atoms with E-state index in [4.69, 9.17) is 21.1 Å². The average molecular weight is 585 g/mol. The van der Waals surface area contributed by atoms with Gasteiger partial charge in [0.05, 0.1) is 48.1 Å². The van der Waals surface area contributed by atoms with E-state index in [-0.39, 0.29) is 45.9 Å². The maximum Gasteiger partial charge on any atom is 0.257 e. The molecule has 2 aromatic carbocycles. The van der Waals surface area contributed by atoms with Crippen molar-refractivity contribution < 1.29 is 43.4 Å². The lowest BCUT2D eigenvalue weighted by Gasteiger charge is -2.49. The van der Waals surface area contributed by atoms with Crippen LogP contribution in [-0.2, 0) is 19.2 Å². The number of rotatable bonds is 4. The number of hydroxylamine groups is 2. The van der Waals surface area contributed by atoms with Crippen molar-refractivity contribution in [1.29, 1.82) is 0 Å². The molecule has 0 bridgehead atoms. The highest BCUT2D eigenvalue weighted by molar-refractivity contribution is 6.31. The number of anilines is 1. The first-order valence-corrected chi connectivity index (χ1v) is 13.4. The Morgan fingerprint density at radius 2 is 1.66 bits per heavy atom. The van der Waals surface area contributed by atoms with Gasteiger partial charge in [-0.2, -0.15) is 5.06 Å². The summed E-state index contributed by atoms with van der Waals surface area (Å²) in [6.07, 6.45) is 2.03. The lowest BCUT2D eigenvalue weighted by molar-refractivity contribution is -0.173. The number of phenolic OH excluding ortho intramolecular Hbond substituents is 1. The Balaban J connectivity index is 1.57. The first-order valence-electron chi connectivity index (χ1n) is 13.0. The third kappa shape index (κ3) is 3.58. The van der Waals surface area contributed by atoms with Gasteiger partial charge in [-0.15, -0.1) is 0 Å². The Hall–Kier alpha value is -3.96. The Morgan fingerprint density at radius 1 is 1.00 bits per heavy atom. The highest BCUT2D eigenvalue weighted by Crippen LogP contribution is 2.64. The molecule has 41 heavy (non-hydrogen) atoms. The summed E-state index contributed by atoms with van der Waals surface area (Å²) in [5.74, 6) is -7.51. The largest absolute Gasteiger partial charge is 0.502 e. The maximum absolute atomic E-state index is 14.4. The van der Waals surface area contributed by atoms with Crippen molar-refractivity contribution >= 4 is 40.9 Å². The van der Waals surface area contributed by atoms with Crippen LogP contribution in [0.3, 0.4) is 0 Å². The van der Waals surface area contributed by atoms with Gasteiger partial charge in [-0.3, -0.25) is 24.4 Å². The van der Waals surface area contributed by atoms with Gasteiger partial charge < -0.3 is 14.6 Å². The minimum Gasteiger partial charge on any atom is -0.502 e. The van der Waals surface area contributed by atoms with E-state index < -0.39 is 64.5 Å². The lowest BCUT2D eigenvalue weighted by atomic mass is 9.51. The molecule has 4 amide bonds. The van der Waals surface area contributed by atoms with Crippen LogP contribution in [0.5, 0.6) is 17.2 Å². The number of benzene rings is 2. The van der Waals surface area contributed by atoms with Gasteiger partial charge in [0.15, 0.2) is 11.5 Å². The predicted molar refractivity (Wildman–Crippen MR) is 141 cm³/mol. The van der Waals surface area contributed by atoms with Crippen molar-refractivity contribution in [3.05, 3.63) is 58.4 Å². The summed E-state index contributed by atoms with van der Waals surface area (Å²) in [6, 6.07) is 6.68. The molecule has 214 valence electrons. The first-order chi connectivity index (χ1) is 19.4. The van der Waals surface area contributed by atoms with E-state index in [1.54, 1.807) is 19.1 Å². The number of hydrogen-bond acceptors (Lipinski definition) is 8. The van der Waals surface area contributed by atoms with E-state index in [2.05, 4.69) is 0 Å². The van der Waals surface area contributed by atoms with Gasteiger partial charge in [0, 0.05) is 5.92 Å². The number of nitrogens with zero attached hydrogens (tertiary/aromatic N) is 2. The maximum atomic E-state index is 14.4. The normalized spacial score (nSPS) is 30.7. The number of allylic oxidation sites excluding steroid dienone is 2. The van der Waals surface area contributed by atoms with E-state index >= 15 is 0 Å². The summed E-state index contributed by atoms with van der Waals surface area (Å²) in [5, 5.41) is 20.7. The van der Waals surface area contributed by atoms with Crippen molar-refractivity contribution in [2.75, 3.05) is 19.1 Å². The van der Waals surface area contributed by atoms with Gasteiger partial charge in [0.1, 0.15) is 5.82 Å². The second-order valence-electron chi connectivity index (χ2n) is 11.0. The second kappa shape index (κ2) is 9.28. The van der Waals surface area contributed by atoms with Crippen LogP contribution < -0.4 is 14.4 Å². The first kappa shape index (κ1) is 27.2. The average Bonchev–Trinajstić information content (AvgIpc) is 3.29. The topological polar surface area (TPSA) is 134 Å². The smallest absolute Gasteiger partial charge is 0.257 e. The highest BCUT2D eigenvalue weighted by atomic mass is 35.5. The quantitative estimate of drug-likeness (QED) is 0.315. The number of phenols is 1. The molecule has 2 aromatic rings. The molecule has 2 aliphatic heterocycles. The minimum absolute atomic E-state index is 0.0647. The van der Waals surface area contributed by atoms with Crippen LogP contribution in [0.1, 0.15) is 31.2 Å². The summed E-state index contributed by atoms with van der Waals surface area (Å²) in [7, 11) is 2.72. The monoisotopic (exact) mass is 584 g/mol. The number of imide groups is 2. The van der Waals surface area contributed by atoms with Crippen LogP contribution in [0, 0.1) is 34.9 Å². The molecular formula is C29H26ClFN2O8. The third-order valence-corrected chi connectivity index (χ3v) is 9.54. The van der Waals surface area contributed by atoms with Gasteiger partial charge in [-0.05, 0) is 61.6 Å². The number of methoxy groups -OCH3 is 2. The van der Waals surface area contributed by atoms with E-state index in [0.29, 0.717) is 11.1 Å². The molecule has 0 radical (unpaired) electrons. The van der Waals surface area contributed by atoms with Crippen LogP contribution >= 0.6 is 11.6 Å². The summed E-state index contributed by atoms with van der Waals surface area (Å²) >= 11 is 6.00. The van der Waals surface area contributed by atoms with Crippen molar-refractivity contribution in [3.8, 4) is 17.2 Å². The summed E-state index contributed by atoms with van der Waals surface area (Å²) in [5.41, 5.74) is -0.150. The molecule has 6 rings (SSSR count). The number of fused-ring (bicyclic) bond motifs is 4. The number of aromatic hydroxyl groups is 1. The molecule has 10 nitrogen and oxygen atoms in total. The van der Waals surface area contributed by atoms with Crippen LogP contribution in [0.4, 0.5) is 10.1 Å². The van der Waals surface area contributed by atoms with Crippen molar-refractivity contribution in [2.45, 2.75) is 25.7 Å². The molecule has 4 aliphatic rings. The van der Waals surface area contributed by atoms with E-state index in [0.717, 1.165) is 11.0 Å². The van der Waals surface area contributed by atoms with Gasteiger partial charge >= 0.3 is 0 Å². The summed E-state index contributed by atoms with van der Waals surface area (Å²) < 4.78 is 24.7. The van der Waals surface area contributed by atoms with Crippen LogP contribution in [-0.4, -0.2) is 53.2 Å². The Morgan fingerprint density at radius 3 is 2.27 bits per heavy atom. The van der Waals surface area contributed by atoms with Gasteiger partial charge in [-0.25, -0.2) is 9.29 Å². The Bertz CT molecular complexity index is 1550. The van der Waals surface area contributed by atoms with E-state index in [9.17, 15) is 33.9 Å². The molecule has 0 aromatic heterocycles. The summed E-state index contributed by atoms with van der Waals surface area (Å²) in [4.78, 5) is 55.2. The molecule has 0 unspecified atom stereocenters. The molecule has 2 aliphatic carbocycles. The molecule has 12 heteroatoms. The number of hydrogen-bond donors (Lipinski definition) is 2. The fraction of sp³-hybridized carbons (Fsp3) is 0.379. The number of carbonyl (C=O) groups excluding carboxylic acids is 4. The molecule has 1 saturated carbocycles. The number of ether oxygens (including phenoxy) is 2. The van der Waals surface area contributed by atoms with Crippen molar-refractivity contribution in [2.24, 2.45) is 29.1 Å². The van der Waals surface area contributed by atoms with Crippen LogP contribution in [0.2, 0.25) is 5.02 Å². The third-order valence-electron chi connectivity index (χ3n) is 9.25. The molecule has 2 saturated heterocycles. The zero-order chi connectivity index (χ0) is 29.5. The zero-order valence-corrected chi connectivity index (χ0v) is 23.0. The molecule has 3 fully saturated rings. The number of carbonyl (C=O) groups is 4. The van der Waals surface area contributed by atoms with Gasteiger partial charge in [0.25, 0.3) is 11.8 Å². The van der Waals surface area contributed by atoms with E-state index in [1.807, 2.05) is 6.08 Å².